The lowest BCUT2D eigenvalue weighted by molar-refractivity contribution is -0.142. The number of rotatable bonds is 14. The number of nitrogens with one attached hydrogen (secondary N) is 3. The lowest BCUT2D eigenvalue weighted by Crippen LogP contribution is -2.57. The van der Waals surface area contributed by atoms with Crippen LogP contribution in [0, 0.1) is 12.3 Å². The number of aliphatic hydroxyl groups excluding tert-OH is 1. The van der Waals surface area contributed by atoms with E-state index in [0.29, 0.717) is 19.4 Å². The Bertz CT molecular complexity index is 1830. The van der Waals surface area contributed by atoms with Gasteiger partial charge in [0.1, 0.15) is 11.6 Å². The van der Waals surface area contributed by atoms with E-state index in [1.807, 2.05) is 112 Å². The molecule has 0 saturated heterocycles. The van der Waals surface area contributed by atoms with Crippen LogP contribution in [0.2, 0.25) is 0 Å². The first kappa shape index (κ1) is 38.6. The number of aliphatic hydroxyl groups is 2. The predicted molar refractivity (Wildman–Crippen MR) is 201 cm³/mol. The molecule has 12 heteroatoms. The van der Waals surface area contributed by atoms with Gasteiger partial charge < -0.3 is 25.6 Å². The molecule has 3 amide bonds. The fraction of sp³-hybridized carbons (Fsp3) is 0.400. The van der Waals surface area contributed by atoms with Crippen LogP contribution < -0.4 is 16.1 Å². The minimum atomic E-state index is -1.82. The Hall–Kier alpha value is -4.62. The van der Waals surface area contributed by atoms with Crippen molar-refractivity contribution in [1.29, 1.82) is 0 Å². The summed E-state index contributed by atoms with van der Waals surface area (Å²) in [5.41, 5.74) is 5.90. The molecule has 52 heavy (non-hydrogen) atoms. The van der Waals surface area contributed by atoms with E-state index in [0.717, 1.165) is 38.5 Å². The van der Waals surface area contributed by atoms with Crippen molar-refractivity contribution in [2.45, 2.75) is 83.7 Å². The summed E-state index contributed by atoms with van der Waals surface area (Å²) in [6, 6.07) is 23.3. The summed E-state index contributed by atoms with van der Waals surface area (Å²) >= 11 is 1.58. The van der Waals surface area contributed by atoms with Crippen molar-refractivity contribution in [3.8, 4) is 11.3 Å². The number of carbonyl (C=O) groups is 3. The summed E-state index contributed by atoms with van der Waals surface area (Å²) in [6.07, 6.45) is -0.673. The van der Waals surface area contributed by atoms with Gasteiger partial charge in [-0.3, -0.25) is 15.0 Å². The summed E-state index contributed by atoms with van der Waals surface area (Å²) in [7, 11) is 1.24. The number of aryl methyl sites for hydroxylation is 1. The third-order valence-electron chi connectivity index (χ3n) is 9.36. The average Bonchev–Trinajstić information content (AvgIpc) is 3.69. The van der Waals surface area contributed by atoms with Gasteiger partial charge in [-0.25, -0.2) is 14.8 Å². The quantitative estimate of drug-likeness (QED) is 0.111. The van der Waals surface area contributed by atoms with Gasteiger partial charge >= 0.3 is 6.09 Å². The number of thiazole rings is 1. The molecule has 1 aromatic heterocycles. The van der Waals surface area contributed by atoms with Crippen molar-refractivity contribution in [3.05, 3.63) is 112 Å². The monoisotopic (exact) mass is 727 g/mol. The number of aromatic nitrogens is 1. The van der Waals surface area contributed by atoms with Gasteiger partial charge in [0.05, 0.1) is 30.0 Å². The topological polar surface area (TPSA) is 153 Å². The molecule has 0 saturated carbocycles. The van der Waals surface area contributed by atoms with Gasteiger partial charge in [-0.1, -0.05) is 99.6 Å². The van der Waals surface area contributed by atoms with E-state index in [2.05, 4.69) is 21.0 Å². The van der Waals surface area contributed by atoms with Crippen LogP contribution in [0.3, 0.4) is 0 Å². The van der Waals surface area contributed by atoms with Crippen molar-refractivity contribution in [2.24, 2.45) is 5.41 Å². The SMILES string of the molecule is COC(=O)N[C@H](C(=O)NN(CCC[C@@](O)(Cc1ccccc1)C(=O)N[C@H]1c2ccccc2C[C@H]1O)Cc1ccc(-c2csc(C)n2)cc1)C(C)(C)C. The molecule has 0 radical (unpaired) electrons. The number of hydrogen-bond acceptors (Lipinski definition) is 9. The van der Waals surface area contributed by atoms with Crippen LogP contribution in [-0.4, -0.2) is 69.5 Å². The van der Waals surface area contributed by atoms with Gasteiger partial charge in [0.15, 0.2) is 0 Å². The normalized spacial score (nSPS) is 17.2. The standard InChI is InChI=1S/C40H49N5O6S/c1-26-41-32(25-52-26)29-18-16-28(17-19-29)24-45(44-36(47)35(39(2,3)4)43-38(49)51-5)21-11-20-40(50,23-27-12-7-6-8-13-27)37(48)42-34-31-15-10-9-14-30(31)22-33(34)46/h6-10,12-19,25,33-35,46,50H,11,20-24H2,1-5H3,(H,42,48)(H,43,49)(H,44,47)/t33-,34+,35-,40-/m1/s1. The van der Waals surface area contributed by atoms with Gasteiger partial charge in [-0.15, -0.1) is 11.3 Å². The third kappa shape index (κ3) is 9.82. The first-order valence-electron chi connectivity index (χ1n) is 17.5. The van der Waals surface area contributed by atoms with E-state index >= 15 is 0 Å². The molecule has 1 heterocycles. The highest BCUT2D eigenvalue weighted by Crippen LogP contribution is 2.33. The fourth-order valence-corrected chi connectivity index (χ4v) is 7.17. The van der Waals surface area contributed by atoms with Gasteiger partial charge in [0, 0.05) is 36.9 Å². The molecule has 4 aromatic rings. The van der Waals surface area contributed by atoms with E-state index in [1.54, 1.807) is 16.3 Å². The number of methoxy groups -OCH3 is 1. The highest BCUT2D eigenvalue weighted by Gasteiger charge is 2.41. The van der Waals surface area contributed by atoms with Crippen LogP contribution in [0.4, 0.5) is 4.79 Å². The molecule has 0 unspecified atom stereocenters. The second-order valence-corrected chi connectivity index (χ2v) is 15.6. The van der Waals surface area contributed by atoms with Crippen molar-refractivity contribution in [2.75, 3.05) is 13.7 Å². The van der Waals surface area contributed by atoms with Gasteiger partial charge in [0.2, 0.25) is 0 Å². The maximum absolute atomic E-state index is 14.0. The molecule has 0 bridgehead atoms. The van der Waals surface area contributed by atoms with Crippen LogP contribution >= 0.6 is 11.3 Å². The van der Waals surface area contributed by atoms with E-state index < -0.39 is 47.1 Å². The zero-order valence-corrected chi connectivity index (χ0v) is 31.2. The van der Waals surface area contributed by atoms with Crippen LogP contribution in [0.5, 0.6) is 0 Å². The minimum absolute atomic E-state index is 0.0587. The number of amides is 3. The zero-order chi connectivity index (χ0) is 37.5. The molecule has 1 aliphatic carbocycles. The molecule has 0 spiro atoms. The van der Waals surface area contributed by atoms with Crippen molar-refractivity contribution >= 4 is 29.2 Å². The number of hydrazine groups is 1. The summed E-state index contributed by atoms with van der Waals surface area (Å²) in [5.74, 6) is -1.01. The molecule has 4 atom stereocenters. The maximum Gasteiger partial charge on any atom is 0.407 e. The van der Waals surface area contributed by atoms with E-state index in [1.165, 1.54) is 7.11 Å². The second kappa shape index (κ2) is 16.8. The van der Waals surface area contributed by atoms with E-state index in [-0.39, 0.29) is 19.4 Å². The summed E-state index contributed by atoms with van der Waals surface area (Å²) in [4.78, 5) is 44.5. The van der Waals surface area contributed by atoms with Crippen molar-refractivity contribution in [1.82, 2.24) is 26.1 Å². The Morgan fingerprint density at radius 2 is 1.69 bits per heavy atom. The molecular weight excluding hydrogens is 679 g/mol. The molecule has 0 aliphatic heterocycles. The van der Waals surface area contributed by atoms with E-state index in [4.69, 9.17) is 4.74 Å². The molecule has 1 aliphatic rings. The van der Waals surface area contributed by atoms with E-state index in [9.17, 15) is 24.6 Å². The van der Waals surface area contributed by atoms with Crippen LogP contribution in [0.25, 0.3) is 11.3 Å². The largest absolute Gasteiger partial charge is 0.453 e. The fourth-order valence-electron chi connectivity index (χ4n) is 6.55. The Labute approximate surface area is 309 Å². The zero-order valence-electron chi connectivity index (χ0n) is 30.4. The molecule has 0 fully saturated rings. The van der Waals surface area contributed by atoms with Crippen molar-refractivity contribution < 1.29 is 29.3 Å². The third-order valence-corrected chi connectivity index (χ3v) is 10.1. The van der Waals surface area contributed by atoms with Crippen LogP contribution in [0.1, 0.15) is 66.9 Å². The molecular formula is C40H49N5O6S. The predicted octanol–water partition coefficient (Wildman–Crippen LogP) is 5.25. The lowest BCUT2D eigenvalue weighted by atomic mass is 9.86. The molecule has 5 N–H and O–H groups in total. The molecule has 11 nitrogen and oxygen atoms in total. The van der Waals surface area contributed by atoms with Gasteiger partial charge in [-0.05, 0) is 47.4 Å². The van der Waals surface area contributed by atoms with Gasteiger partial charge in [0.25, 0.3) is 11.8 Å². The number of benzene rings is 3. The minimum Gasteiger partial charge on any atom is -0.453 e. The Balaban J connectivity index is 1.36. The highest BCUT2D eigenvalue weighted by atomic mass is 32.1. The smallest absolute Gasteiger partial charge is 0.407 e. The molecule has 3 aromatic carbocycles. The summed E-state index contributed by atoms with van der Waals surface area (Å²) in [6.45, 7) is 8.08. The lowest BCUT2D eigenvalue weighted by Gasteiger charge is -2.33. The van der Waals surface area contributed by atoms with Crippen LogP contribution in [-0.2, 0) is 33.7 Å². The Kier molecular flexibility index (Phi) is 12.5. The van der Waals surface area contributed by atoms with Crippen molar-refractivity contribution in [3.63, 3.8) is 0 Å². The summed E-state index contributed by atoms with van der Waals surface area (Å²) < 4.78 is 4.79. The van der Waals surface area contributed by atoms with Crippen LogP contribution in [0.15, 0.2) is 84.2 Å². The number of alkyl carbamates (subject to hydrolysis) is 1. The van der Waals surface area contributed by atoms with Gasteiger partial charge in [-0.2, -0.15) is 0 Å². The highest BCUT2D eigenvalue weighted by molar-refractivity contribution is 7.09. The Morgan fingerprint density at radius 1 is 1.00 bits per heavy atom. The number of carbonyl (C=O) groups excluding carboxylic acids is 3. The molecule has 5 rings (SSSR count). The molecule has 276 valence electrons. The first-order chi connectivity index (χ1) is 24.8. The number of ether oxygens (including phenoxy) is 1. The second-order valence-electron chi connectivity index (χ2n) is 14.5. The number of hydrogen-bond donors (Lipinski definition) is 5. The Morgan fingerprint density at radius 3 is 2.35 bits per heavy atom. The average molecular weight is 728 g/mol. The summed E-state index contributed by atoms with van der Waals surface area (Å²) in [5, 5.41) is 33.3. The maximum atomic E-state index is 14.0. The number of fused-ring (bicyclic) bond motifs is 1. The number of nitrogens with zero attached hydrogens (tertiary/aromatic N) is 2. The first-order valence-corrected chi connectivity index (χ1v) is 18.4.